The lowest BCUT2D eigenvalue weighted by atomic mass is 9.85. The Morgan fingerprint density at radius 2 is 1.68 bits per heavy atom. The second kappa shape index (κ2) is 20.0. The zero-order valence-corrected chi connectivity index (χ0v) is 38.9. The summed E-state index contributed by atoms with van der Waals surface area (Å²) in [4.78, 5) is 76.8. The van der Waals surface area contributed by atoms with Gasteiger partial charge in [0.25, 0.3) is 0 Å². The van der Waals surface area contributed by atoms with Gasteiger partial charge in [0.1, 0.15) is 6.04 Å². The minimum Gasteiger partial charge on any atom is -0.479 e. The van der Waals surface area contributed by atoms with Crippen LogP contribution in [0.3, 0.4) is 0 Å². The van der Waals surface area contributed by atoms with Gasteiger partial charge in [-0.1, -0.05) is 60.5 Å². The minimum atomic E-state index is -1.40. The van der Waals surface area contributed by atoms with Crippen LogP contribution in [0.25, 0.3) is 21.2 Å². The van der Waals surface area contributed by atoms with E-state index in [0.29, 0.717) is 54.1 Å². The third-order valence-electron chi connectivity index (χ3n) is 13.6. The number of halogens is 1. The van der Waals surface area contributed by atoms with Crippen LogP contribution in [0.4, 0.5) is 26.2 Å². The van der Waals surface area contributed by atoms with Crippen molar-refractivity contribution in [3.63, 3.8) is 0 Å². The maximum Gasteiger partial charge on any atom is 0.349 e. The number of ether oxygens (including phenoxy) is 1. The van der Waals surface area contributed by atoms with Gasteiger partial charge in [-0.2, -0.15) is 0 Å². The van der Waals surface area contributed by atoms with Gasteiger partial charge in [0.15, 0.2) is 29.3 Å². The van der Waals surface area contributed by atoms with Gasteiger partial charge >= 0.3 is 18.0 Å². The van der Waals surface area contributed by atoms with Crippen molar-refractivity contribution in [1.29, 1.82) is 0 Å². The molecule has 4 fully saturated rings. The molecule has 5 aromatic rings. The zero-order chi connectivity index (χ0) is 47.6. The smallest absolute Gasteiger partial charge is 0.349 e. The molecule has 18 heteroatoms. The molecule has 2 bridgehead atoms. The molecule has 4 aliphatic rings. The number of thiophene rings is 1. The molecule has 3 unspecified atom stereocenters. The molecule has 1 aromatic heterocycles. The van der Waals surface area contributed by atoms with Crippen molar-refractivity contribution < 1.29 is 48.1 Å². The van der Waals surface area contributed by atoms with Crippen molar-refractivity contribution in [3.8, 4) is 16.2 Å². The number of hydrogen-bond acceptors (Lipinski definition) is 12. The summed E-state index contributed by atoms with van der Waals surface area (Å²) in [5, 5.41) is 29.5. The monoisotopic (exact) mass is 962 g/mol. The zero-order valence-electron chi connectivity index (χ0n) is 37.2. The molecule has 4 aromatic carbocycles. The number of likely N-dealkylation sites (N-methyl/N-ethyl adjacent to an activating group) is 1. The summed E-state index contributed by atoms with van der Waals surface area (Å²) in [7, 11) is 1.82. The number of nitrogens with zero attached hydrogens (tertiary/aromatic N) is 3. The number of aliphatic carboxylic acids is 1. The molecule has 0 aliphatic carbocycles. The Morgan fingerprint density at radius 3 is 2.40 bits per heavy atom. The van der Waals surface area contributed by atoms with E-state index in [1.807, 2.05) is 71.3 Å². The Labute approximate surface area is 400 Å². The summed E-state index contributed by atoms with van der Waals surface area (Å²) in [6.07, 6.45) is 6.93. The van der Waals surface area contributed by atoms with E-state index in [-0.39, 0.29) is 41.1 Å². The fraction of sp³-hybridized carbons (Fsp3) is 0.360. The van der Waals surface area contributed by atoms with Crippen molar-refractivity contribution >= 4 is 87.2 Å². The lowest BCUT2D eigenvalue weighted by molar-refractivity contribution is -0.139. The first-order chi connectivity index (χ1) is 32.8. The molecule has 3 atom stereocenters. The highest BCUT2D eigenvalue weighted by Crippen LogP contribution is 2.44. The number of urea groups is 1. The van der Waals surface area contributed by atoms with Gasteiger partial charge < -0.3 is 35.4 Å². The van der Waals surface area contributed by atoms with Gasteiger partial charge in [-0.3, -0.25) is 19.7 Å². The summed E-state index contributed by atoms with van der Waals surface area (Å²) in [6.45, 7) is 0.262. The van der Waals surface area contributed by atoms with Gasteiger partial charge in [-0.15, -0.1) is 11.3 Å². The number of aldehydes is 1. The molecule has 4 amide bonds. The average molecular weight is 963 g/mol. The predicted octanol–water partition coefficient (Wildman–Crippen LogP) is 8.59. The summed E-state index contributed by atoms with van der Waals surface area (Å²) in [5.74, 6) is -3.94. The quantitative estimate of drug-likeness (QED) is 0.0380. The lowest BCUT2D eigenvalue weighted by Gasteiger charge is -2.38. The summed E-state index contributed by atoms with van der Waals surface area (Å²) in [5.41, 5.74) is 5.46. The number of amides is 4. The highest BCUT2D eigenvalue weighted by molar-refractivity contribution is 7.96. The highest BCUT2D eigenvalue weighted by Gasteiger charge is 2.41. The van der Waals surface area contributed by atoms with Gasteiger partial charge in [0.2, 0.25) is 11.8 Å². The third kappa shape index (κ3) is 9.75. The summed E-state index contributed by atoms with van der Waals surface area (Å²) in [6, 6.07) is 25.0. The van der Waals surface area contributed by atoms with Crippen LogP contribution < -0.4 is 25.6 Å². The number of anilines is 3. The Kier molecular flexibility index (Phi) is 13.7. The van der Waals surface area contributed by atoms with E-state index in [1.54, 1.807) is 24.3 Å². The Morgan fingerprint density at radius 1 is 0.941 bits per heavy atom. The fourth-order valence-electron chi connectivity index (χ4n) is 10.3. The molecule has 354 valence electrons. The number of imide groups is 1. The van der Waals surface area contributed by atoms with Crippen molar-refractivity contribution in [2.45, 2.75) is 87.2 Å². The molecule has 5 N–H and O–H groups in total. The van der Waals surface area contributed by atoms with Crippen LogP contribution in [0, 0.1) is 5.82 Å². The predicted molar refractivity (Wildman–Crippen MR) is 259 cm³/mol. The van der Waals surface area contributed by atoms with Crippen molar-refractivity contribution in [2.75, 3.05) is 42.3 Å². The largest absolute Gasteiger partial charge is 0.479 e. The molecule has 9 rings (SSSR count). The summed E-state index contributed by atoms with van der Waals surface area (Å²) >= 11 is 2.52. The number of benzene rings is 4. The number of carboxylic acids is 2. The van der Waals surface area contributed by atoms with Gasteiger partial charge in [-0.25, -0.2) is 23.1 Å². The number of piperidine rings is 3. The molecular formula is C50H51FN6O9S2. The van der Waals surface area contributed by atoms with Crippen molar-refractivity contribution in [3.05, 3.63) is 106 Å². The maximum atomic E-state index is 15.4. The first kappa shape index (κ1) is 46.6. The third-order valence-corrected chi connectivity index (χ3v) is 16.1. The van der Waals surface area contributed by atoms with Crippen molar-refractivity contribution in [2.24, 2.45) is 0 Å². The number of carboxylic acid groups (broad SMARTS) is 2. The number of aromatic carboxylic acids is 1. The number of carbonyl (C=O) groups excluding carboxylic acids is 4. The van der Waals surface area contributed by atoms with Crippen LogP contribution in [-0.2, 0) is 20.1 Å². The maximum absolute atomic E-state index is 15.4. The van der Waals surface area contributed by atoms with E-state index in [9.17, 15) is 33.9 Å². The number of carbonyl (C=O) groups is 6. The van der Waals surface area contributed by atoms with Crippen molar-refractivity contribution in [1.82, 2.24) is 14.5 Å². The van der Waals surface area contributed by atoms with Gasteiger partial charge in [0.05, 0.1) is 4.88 Å². The van der Waals surface area contributed by atoms with E-state index >= 15 is 4.39 Å². The lowest BCUT2D eigenvalue weighted by Crippen LogP contribution is -2.51. The normalized spacial score (nSPS) is 20.8. The van der Waals surface area contributed by atoms with Crippen LogP contribution in [0.1, 0.15) is 88.4 Å². The molecule has 0 spiro atoms. The molecule has 0 saturated carbocycles. The minimum absolute atomic E-state index is 0.0610. The van der Waals surface area contributed by atoms with E-state index in [1.165, 1.54) is 0 Å². The SMILES string of the molecule is CN(c1ccc(C2CCN(C(=O)Nc3cccc(CSN4C5CCC4CC(Nc4cccc(-c6sc(C(=O)O)c(OCC(=O)O)c6F)c4)C5)c3)CC2)c2cccc(C=O)c12)C1CCC(=O)NC1=O. The average Bonchev–Trinajstić information content (AvgIpc) is 3.79. The van der Waals surface area contributed by atoms with E-state index < -0.39 is 41.0 Å². The van der Waals surface area contributed by atoms with Gasteiger partial charge in [0, 0.05) is 78.4 Å². The number of rotatable bonds is 15. The Hall–Kier alpha value is -6.50. The Bertz CT molecular complexity index is 2780. The first-order valence-corrected chi connectivity index (χ1v) is 24.5. The van der Waals surface area contributed by atoms with E-state index in [2.05, 4.69) is 32.4 Å². The van der Waals surface area contributed by atoms with Crippen LogP contribution in [-0.4, -0.2) is 106 Å². The molecule has 5 heterocycles. The topological polar surface area (TPSA) is 198 Å². The molecule has 68 heavy (non-hydrogen) atoms. The molecule has 15 nitrogen and oxygen atoms in total. The summed E-state index contributed by atoms with van der Waals surface area (Å²) < 4.78 is 23.0. The fourth-order valence-corrected chi connectivity index (χ4v) is 12.6. The van der Waals surface area contributed by atoms with Crippen LogP contribution >= 0.6 is 23.3 Å². The molecule has 4 aliphatic heterocycles. The number of fused-ring (bicyclic) bond motifs is 3. The first-order valence-electron chi connectivity index (χ1n) is 22.8. The standard InChI is InChI=1S/C50H51FN6O9S2/c1-55(40-15-16-41(59)54-48(40)62)39-14-13-37(38-10-4-7-31(25-58)43(38)39)29-17-19-56(20-18-29)50(65)53-32-8-2-5-28(21-32)27-67-57-35-11-12-36(57)24-34(23-35)52-33-9-3-6-30(22-33)46-44(51)45(66-26-42(60)61)47(68-46)49(63)64/h2-10,13-14,21-22,25,29,34-36,40,52H,11-12,15-20,23-24,26-27H2,1H3,(H,53,65)(H,60,61)(H,63,64)(H,54,59,62). The second-order valence-electron chi connectivity index (χ2n) is 17.8. The van der Waals surface area contributed by atoms with E-state index in [0.717, 1.165) is 89.5 Å². The van der Waals surface area contributed by atoms with Crippen LogP contribution in [0.2, 0.25) is 0 Å². The molecule has 0 radical (unpaired) electrons. The van der Waals surface area contributed by atoms with Crippen LogP contribution in [0.15, 0.2) is 78.9 Å². The second-order valence-corrected chi connectivity index (χ2v) is 19.8. The highest BCUT2D eigenvalue weighted by atomic mass is 32.2. The van der Waals surface area contributed by atoms with E-state index in [4.69, 9.17) is 9.84 Å². The number of nitrogens with one attached hydrogen (secondary N) is 3. The Balaban J connectivity index is 0.781. The molecule has 4 saturated heterocycles. The number of likely N-dealkylation sites (tertiary alicyclic amines) is 1. The number of hydrogen-bond donors (Lipinski definition) is 5. The van der Waals surface area contributed by atoms with Crippen LogP contribution in [0.5, 0.6) is 5.75 Å². The molecular weight excluding hydrogens is 912 g/mol. The van der Waals surface area contributed by atoms with Gasteiger partial charge in [-0.05, 0) is 103 Å².